The summed E-state index contributed by atoms with van der Waals surface area (Å²) in [5.74, 6) is 3.89. The monoisotopic (exact) mass is 368 g/mol. The molecule has 4 rings (SSSR count). The van der Waals surface area contributed by atoms with Gasteiger partial charge in [-0.1, -0.05) is 0 Å². The molecule has 2 fully saturated rings. The van der Waals surface area contributed by atoms with E-state index in [1.807, 2.05) is 20.0 Å². The molecule has 2 saturated heterocycles. The highest BCUT2D eigenvalue weighted by Gasteiger charge is 2.22. The lowest BCUT2D eigenvalue weighted by atomic mass is 10.3. The maximum atomic E-state index is 4.71. The number of hydrogen-bond acceptors (Lipinski definition) is 8. The van der Waals surface area contributed by atoms with Crippen LogP contribution in [0.1, 0.15) is 11.5 Å². The van der Waals surface area contributed by atoms with Crippen LogP contribution < -0.4 is 14.7 Å². The lowest BCUT2D eigenvalue weighted by molar-refractivity contribution is 0.312. The Balaban J connectivity index is 1.45. The number of aryl methyl sites for hydroxylation is 2. The van der Waals surface area contributed by atoms with Gasteiger partial charge in [0.25, 0.3) is 0 Å². The number of rotatable bonds is 3. The fourth-order valence-corrected chi connectivity index (χ4v) is 3.66. The molecule has 0 aromatic carbocycles. The normalized spacial score (nSPS) is 18.9. The predicted molar refractivity (Wildman–Crippen MR) is 108 cm³/mol. The van der Waals surface area contributed by atoms with Crippen LogP contribution in [0.4, 0.5) is 17.5 Å². The Bertz CT molecular complexity index is 779. The van der Waals surface area contributed by atoms with Crippen LogP contribution in [0.3, 0.4) is 0 Å². The molecule has 0 unspecified atom stereocenters. The average Bonchev–Trinajstić information content (AvgIpc) is 2.68. The van der Waals surface area contributed by atoms with Gasteiger partial charge in [-0.15, -0.1) is 0 Å². The Morgan fingerprint density at radius 3 is 1.74 bits per heavy atom. The molecule has 0 atom stereocenters. The zero-order valence-corrected chi connectivity index (χ0v) is 16.5. The summed E-state index contributed by atoms with van der Waals surface area (Å²) in [6.07, 6.45) is 3.65. The van der Waals surface area contributed by atoms with E-state index in [9.17, 15) is 0 Å². The minimum atomic E-state index is 0.841. The summed E-state index contributed by atoms with van der Waals surface area (Å²) in [6, 6.07) is 2.15. The lowest BCUT2D eigenvalue weighted by Gasteiger charge is -2.37. The Labute approximate surface area is 160 Å². The Hall–Kier alpha value is -2.48. The van der Waals surface area contributed by atoms with E-state index in [-0.39, 0.29) is 0 Å². The van der Waals surface area contributed by atoms with E-state index in [1.165, 1.54) is 0 Å². The van der Waals surface area contributed by atoms with E-state index < -0.39 is 0 Å². The molecule has 4 heterocycles. The van der Waals surface area contributed by atoms with Gasteiger partial charge in [-0.3, -0.25) is 4.98 Å². The molecule has 8 nitrogen and oxygen atoms in total. The van der Waals surface area contributed by atoms with Gasteiger partial charge in [-0.2, -0.15) is 0 Å². The second kappa shape index (κ2) is 7.64. The van der Waals surface area contributed by atoms with E-state index in [0.717, 1.165) is 81.3 Å². The van der Waals surface area contributed by atoms with Crippen molar-refractivity contribution in [2.24, 2.45) is 0 Å². The number of likely N-dealkylation sites (N-methyl/N-ethyl adjacent to an activating group) is 1. The highest BCUT2D eigenvalue weighted by molar-refractivity contribution is 5.52. The Kier molecular flexibility index (Phi) is 5.07. The van der Waals surface area contributed by atoms with Gasteiger partial charge in [-0.25, -0.2) is 15.0 Å². The van der Waals surface area contributed by atoms with Crippen LogP contribution in [0.15, 0.2) is 18.5 Å². The van der Waals surface area contributed by atoms with Crippen molar-refractivity contribution in [2.75, 3.05) is 74.1 Å². The van der Waals surface area contributed by atoms with Gasteiger partial charge in [-0.05, 0) is 20.9 Å². The third kappa shape index (κ3) is 4.10. The second-order valence-electron chi connectivity index (χ2n) is 7.41. The minimum Gasteiger partial charge on any atom is -0.354 e. The fraction of sp³-hybridized carbons (Fsp3) is 0.579. The number of nitrogens with zero attached hydrogens (tertiary/aromatic N) is 8. The molecule has 2 aliphatic rings. The zero-order chi connectivity index (χ0) is 18.8. The highest BCUT2D eigenvalue weighted by Crippen LogP contribution is 2.22. The summed E-state index contributed by atoms with van der Waals surface area (Å²) in [5, 5.41) is 0. The van der Waals surface area contributed by atoms with Crippen LogP contribution in [0.25, 0.3) is 0 Å². The third-order valence-electron chi connectivity index (χ3n) is 5.31. The summed E-state index contributed by atoms with van der Waals surface area (Å²) in [4.78, 5) is 27.7. The van der Waals surface area contributed by atoms with Crippen molar-refractivity contribution in [3.05, 3.63) is 30.0 Å². The van der Waals surface area contributed by atoms with Crippen LogP contribution in [-0.2, 0) is 0 Å². The molecule has 27 heavy (non-hydrogen) atoms. The first-order valence-electron chi connectivity index (χ1n) is 9.66. The summed E-state index contributed by atoms with van der Waals surface area (Å²) in [5.41, 5.74) is 0.957. The van der Waals surface area contributed by atoms with Crippen molar-refractivity contribution in [1.29, 1.82) is 0 Å². The van der Waals surface area contributed by atoms with Crippen LogP contribution in [0.5, 0.6) is 0 Å². The molecule has 0 N–H and O–H groups in total. The number of anilines is 3. The van der Waals surface area contributed by atoms with Crippen molar-refractivity contribution in [1.82, 2.24) is 24.8 Å². The molecule has 2 aliphatic heterocycles. The number of hydrogen-bond donors (Lipinski definition) is 0. The van der Waals surface area contributed by atoms with Gasteiger partial charge >= 0.3 is 0 Å². The van der Waals surface area contributed by atoms with E-state index >= 15 is 0 Å². The molecule has 2 aromatic heterocycles. The quantitative estimate of drug-likeness (QED) is 0.794. The maximum absolute atomic E-state index is 4.71. The summed E-state index contributed by atoms with van der Waals surface area (Å²) >= 11 is 0. The molecular weight excluding hydrogens is 340 g/mol. The molecular formula is C19H28N8. The fourth-order valence-electron chi connectivity index (χ4n) is 3.66. The van der Waals surface area contributed by atoms with Gasteiger partial charge in [0.05, 0.1) is 11.9 Å². The first-order valence-corrected chi connectivity index (χ1v) is 9.66. The van der Waals surface area contributed by atoms with Crippen molar-refractivity contribution >= 4 is 17.5 Å². The molecule has 0 saturated carbocycles. The van der Waals surface area contributed by atoms with E-state index in [0.29, 0.717) is 0 Å². The van der Waals surface area contributed by atoms with Crippen LogP contribution in [-0.4, -0.2) is 84.2 Å². The second-order valence-corrected chi connectivity index (χ2v) is 7.41. The van der Waals surface area contributed by atoms with Gasteiger partial charge in [0.2, 0.25) is 0 Å². The third-order valence-corrected chi connectivity index (χ3v) is 5.31. The van der Waals surface area contributed by atoms with Crippen LogP contribution in [0.2, 0.25) is 0 Å². The number of piperazine rings is 2. The highest BCUT2D eigenvalue weighted by atomic mass is 15.3. The smallest absolute Gasteiger partial charge is 0.147 e. The van der Waals surface area contributed by atoms with E-state index in [4.69, 9.17) is 9.97 Å². The van der Waals surface area contributed by atoms with E-state index in [1.54, 1.807) is 6.20 Å². The number of aromatic nitrogens is 4. The van der Waals surface area contributed by atoms with Gasteiger partial charge in [0.15, 0.2) is 0 Å². The molecule has 0 aliphatic carbocycles. The largest absolute Gasteiger partial charge is 0.354 e. The van der Waals surface area contributed by atoms with Gasteiger partial charge < -0.3 is 19.6 Å². The van der Waals surface area contributed by atoms with Crippen molar-refractivity contribution in [3.63, 3.8) is 0 Å². The molecule has 144 valence electrons. The minimum absolute atomic E-state index is 0.841. The summed E-state index contributed by atoms with van der Waals surface area (Å²) in [6.45, 7) is 11.9. The Morgan fingerprint density at radius 2 is 1.19 bits per heavy atom. The molecule has 0 amide bonds. The van der Waals surface area contributed by atoms with E-state index in [2.05, 4.69) is 42.7 Å². The average molecular weight is 368 g/mol. The standard InChI is InChI=1S/C19H28N8/c1-15-13-20-14-19(21-15)27-10-8-26(9-11-27)18-12-17(22-16(2)23-18)25-6-4-24(3)5-7-25/h12-14H,4-11H2,1-3H3. The SMILES string of the molecule is Cc1cncc(N2CCN(c3cc(N4CCN(C)CC4)nc(C)n3)CC2)n1. The van der Waals surface area contributed by atoms with Crippen molar-refractivity contribution in [2.45, 2.75) is 13.8 Å². The van der Waals surface area contributed by atoms with Gasteiger partial charge in [0.1, 0.15) is 23.3 Å². The molecule has 0 bridgehead atoms. The molecule has 2 aromatic rings. The van der Waals surface area contributed by atoms with Crippen molar-refractivity contribution < 1.29 is 0 Å². The summed E-state index contributed by atoms with van der Waals surface area (Å²) < 4.78 is 0. The first-order chi connectivity index (χ1) is 13.1. The molecule has 8 heteroatoms. The zero-order valence-electron chi connectivity index (χ0n) is 16.5. The molecule has 0 radical (unpaired) electrons. The predicted octanol–water partition coefficient (Wildman–Crippen LogP) is 0.962. The van der Waals surface area contributed by atoms with Gasteiger partial charge in [0, 0.05) is 64.6 Å². The van der Waals surface area contributed by atoms with Crippen LogP contribution >= 0.6 is 0 Å². The lowest BCUT2D eigenvalue weighted by Crippen LogP contribution is -2.47. The Morgan fingerprint density at radius 1 is 0.667 bits per heavy atom. The molecule has 0 spiro atoms. The first kappa shape index (κ1) is 17.9. The topological polar surface area (TPSA) is 64.5 Å². The van der Waals surface area contributed by atoms with Crippen molar-refractivity contribution in [3.8, 4) is 0 Å². The van der Waals surface area contributed by atoms with Crippen LogP contribution in [0, 0.1) is 13.8 Å². The maximum Gasteiger partial charge on any atom is 0.147 e. The summed E-state index contributed by atoms with van der Waals surface area (Å²) in [7, 11) is 2.17.